The molecule has 0 aliphatic rings. The van der Waals surface area contributed by atoms with E-state index in [1.54, 1.807) is 12.0 Å². The third-order valence-corrected chi connectivity index (χ3v) is 3.63. The molecule has 0 saturated heterocycles. The second kappa shape index (κ2) is 9.18. The van der Waals surface area contributed by atoms with E-state index in [-0.39, 0.29) is 12.1 Å². The Morgan fingerprint density at radius 2 is 1.65 bits per heavy atom. The van der Waals surface area contributed by atoms with E-state index in [1.807, 2.05) is 52.0 Å². The van der Waals surface area contributed by atoms with Crippen molar-refractivity contribution in [2.45, 2.75) is 52.6 Å². The van der Waals surface area contributed by atoms with Crippen LogP contribution in [0.2, 0.25) is 0 Å². The van der Waals surface area contributed by atoms with Crippen LogP contribution in [-0.4, -0.2) is 42.5 Å². The lowest BCUT2D eigenvalue weighted by Crippen LogP contribution is -2.49. The minimum absolute atomic E-state index is 0.00699. The maximum atomic E-state index is 12.2. The van der Waals surface area contributed by atoms with Crippen LogP contribution in [0.3, 0.4) is 0 Å². The summed E-state index contributed by atoms with van der Waals surface area (Å²) in [5.74, 6) is -0.156. The first kappa shape index (κ1) is 19.0. The summed E-state index contributed by atoms with van der Waals surface area (Å²) < 4.78 is 5.11. The molecule has 0 atom stereocenters. The van der Waals surface area contributed by atoms with Crippen molar-refractivity contribution in [2.75, 3.05) is 13.7 Å². The molecule has 2 amide bonds. The molecule has 23 heavy (non-hydrogen) atoms. The van der Waals surface area contributed by atoms with Crippen LogP contribution in [0.15, 0.2) is 24.3 Å². The highest BCUT2D eigenvalue weighted by molar-refractivity contribution is 6.35. The first-order valence-corrected chi connectivity index (χ1v) is 8.10. The largest absolute Gasteiger partial charge is 0.497 e. The van der Waals surface area contributed by atoms with E-state index < -0.39 is 11.8 Å². The summed E-state index contributed by atoms with van der Waals surface area (Å²) in [5.41, 5.74) is 1.18. The number of nitrogens with one attached hydrogen (secondary N) is 1. The number of methoxy groups -OCH3 is 1. The van der Waals surface area contributed by atoms with Gasteiger partial charge in [0, 0.05) is 18.6 Å². The van der Waals surface area contributed by atoms with Gasteiger partial charge in [-0.3, -0.25) is 9.59 Å². The topological polar surface area (TPSA) is 58.6 Å². The Kier molecular flexibility index (Phi) is 7.59. The summed E-state index contributed by atoms with van der Waals surface area (Å²) in [6.07, 6.45) is 1.63. The normalized spacial score (nSPS) is 10.7. The van der Waals surface area contributed by atoms with Gasteiger partial charge in [0.25, 0.3) is 0 Å². The van der Waals surface area contributed by atoms with Gasteiger partial charge in [-0.05, 0) is 58.2 Å². The van der Waals surface area contributed by atoms with E-state index in [1.165, 1.54) is 5.56 Å². The minimum Gasteiger partial charge on any atom is -0.497 e. The van der Waals surface area contributed by atoms with E-state index in [2.05, 4.69) is 5.32 Å². The van der Waals surface area contributed by atoms with Crippen LogP contribution in [0.25, 0.3) is 0 Å². The fraction of sp³-hybridized carbons (Fsp3) is 0.556. The highest BCUT2D eigenvalue weighted by Gasteiger charge is 2.25. The van der Waals surface area contributed by atoms with Crippen molar-refractivity contribution in [2.24, 2.45) is 0 Å². The zero-order valence-electron chi connectivity index (χ0n) is 14.8. The fourth-order valence-electron chi connectivity index (χ4n) is 2.54. The van der Waals surface area contributed by atoms with Gasteiger partial charge in [-0.25, -0.2) is 0 Å². The molecule has 0 heterocycles. The molecule has 1 N–H and O–H groups in total. The van der Waals surface area contributed by atoms with Gasteiger partial charge in [0.05, 0.1) is 7.11 Å². The van der Waals surface area contributed by atoms with Crippen LogP contribution in [0.4, 0.5) is 0 Å². The number of hydrogen-bond acceptors (Lipinski definition) is 3. The summed E-state index contributed by atoms with van der Waals surface area (Å²) in [6.45, 7) is 8.13. The molecule has 0 unspecified atom stereocenters. The first-order valence-electron chi connectivity index (χ1n) is 8.10. The average molecular weight is 320 g/mol. The smallest absolute Gasteiger partial charge is 0.312 e. The van der Waals surface area contributed by atoms with Gasteiger partial charge in [0.15, 0.2) is 0 Å². The SMILES string of the molecule is COc1ccc(CCCNC(=O)C(=O)N(C(C)C)C(C)C)cc1. The lowest BCUT2D eigenvalue weighted by atomic mass is 10.1. The quantitative estimate of drug-likeness (QED) is 0.620. The van der Waals surface area contributed by atoms with Gasteiger partial charge in [-0.2, -0.15) is 0 Å². The zero-order valence-corrected chi connectivity index (χ0v) is 14.8. The predicted molar refractivity (Wildman–Crippen MR) is 91.4 cm³/mol. The van der Waals surface area contributed by atoms with Crippen molar-refractivity contribution >= 4 is 11.8 Å². The van der Waals surface area contributed by atoms with E-state index in [0.717, 1.165) is 18.6 Å². The molecule has 0 fully saturated rings. The van der Waals surface area contributed by atoms with E-state index >= 15 is 0 Å². The molecule has 0 aliphatic carbocycles. The summed E-state index contributed by atoms with van der Waals surface area (Å²) >= 11 is 0. The van der Waals surface area contributed by atoms with Crippen molar-refractivity contribution in [3.63, 3.8) is 0 Å². The molecule has 0 radical (unpaired) electrons. The molecule has 1 aromatic carbocycles. The summed E-state index contributed by atoms with van der Waals surface area (Å²) in [7, 11) is 1.64. The van der Waals surface area contributed by atoms with Gasteiger partial charge in [-0.15, -0.1) is 0 Å². The standard InChI is InChI=1S/C18H28N2O3/c1-13(2)20(14(3)4)18(22)17(21)19-12-6-7-15-8-10-16(23-5)11-9-15/h8-11,13-14H,6-7,12H2,1-5H3,(H,19,21). The first-order chi connectivity index (χ1) is 10.9. The minimum atomic E-state index is -0.526. The van der Waals surface area contributed by atoms with Gasteiger partial charge in [0.2, 0.25) is 0 Å². The van der Waals surface area contributed by atoms with Crippen molar-refractivity contribution in [3.8, 4) is 5.75 Å². The number of carbonyl (C=O) groups excluding carboxylic acids is 2. The third-order valence-electron chi connectivity index (χ3n) is 3.63. The van der Waals surface area contributed by atoms with Crippen molar-refractivity contribution in [3.05, 3.63) is 29.8 Å². The molecule has 5 heteroatoms. The second-order valence-corrected chi connectivity index (χ2v) is 6.11. The van der Waals surface area contributed by atoms with Crippen LogP contribution in [0.1, 0.15) is 39.7 Å². The molecule has 0 saturated carbocycles. The summed E-state index contributed by atoms with van der Waals surface area (Å²) in [5, 5.41) is 2.71. The number of hydrogen-bond donors (Lipinski definition) is 1. The van der Waals surface area contributed by atoms with Gasteiger partial charge < -0.3 is 15.0 Å². The van der Waals surface area contributed by atoms with E-state index in [0.29, 0.717) is 6.54 Å². The molecular weight excluding hydrogens is 292 g/mol. The lowest BCUT2D eigenvalue weighted by Gasteiger charge is -2.29. The van der Waals surface area contributed by atoms with Crippen LogP contribution in [0, 0.1) is 0 Å². The Balaban J connectivity index is 2.39. The van der Waals surface area contributed by atoms with Crippen molar-refractivity contribution in [1.82, 2.24) is 10.2 Å². The number of aryl methyl sites for hydroxylation is 1. The molecule has 0 aromatic heterocycles. The van der Waals surface area contributed by atoms with Crippen molar-refractivity contribution < 1.29 is 14.3 Å². The predicted octanol–water partition coefficient (Wildman–Crippen LogP) is 2.39. The zero-order chi connectivity index (χ0) is 17.4. The fourth-order valence-corrected chi connectivity index (χ4v) is 2.54. The summed E-state index contributed by atoms with van der Waals surface area (Å²) in [4.78, 5) is 25.7. The Morgan fingerprint density at radius 1 is 1.09 bits per heavy atom. The highest BCUT2D eigenvalue weighted by atomic mass is 16.5. The van der Waals surface area contributed by atoms with E-state index in [9.17, 15) is 9.59 Å². The Morgan fingerprint density at radius 3 is 2.13 bits per heavy atom. The average Bonchev–Trinajstić information content (AvgIpc) is 2.51. The molecule has 5 nitrogen and oxygen atoms in total. The van der Waals surface area contributed by atoms with Gasteiger partial charge in [0.1, 0.15) is 5.75 Å². The Hall–Kier alpha value is -2.04. The van der Waals surface area contributed by atoms with E-state index in [4.69, 9.17) is 4.74 Å². The van der Waals surface area contributed by atoms with Crippen LogP contribution < -0.4 is 10.1 Å². The van der Waals surface area contributed by atoms with Gasteiger partial charge in [-0.1, -0.05) is 12.1 Å². The number of ether oxygens (including phenoxy) is 1. The number of nitrogens with zero attached hydrogens (tertiary/aromatic N) is 1. The highest BCUT2D eigenvalue weighted by Crippen LogP contribution is 2.12. The van der Waals surface area contributed by atoms with Crippen molar-refractivity contribution in [1.29, 1.82) is 0 Å². The molecular formula is C18H28N2O3. The second-order valence-electron chi connectivity index (χ2n) is 6.11. The van der Waals surface area contributed by atoms with Crippen LogP contribution >= 0.6 is 0 Å². The van der Waals surface area contributed by atoms with Crippen LogP contribution in [0.5, 0.6) is 5.75 Å². The number of amides is 2. The van der Waals surface area contributed by atoms with Gasteiger partial charge >= 0.3 is 11.8 Å². The lowest BCUT2D eigenvalue weighted by molar-refractivity contribution is -0.148. The maximum absolute atomic E-state index is 12.2. The molecule has 1 aromatic rings. The number of carbonyl (C=O) groups is 2. The molecule has 128 valence electrons. The third kappa shape index (κ3) is 5.93. The summed E-state index contributed by atoms with van der Waals surface area (Å²) in [6, 6.07) is 7.86. The number of benzene rings is 1. The Bertz CT molecular complexity index is 502. The molecule has 0 bridgehead atoms. The molecule has 1 rings (SSSR count). The number of rotatable bonds is 7. The molecule has 0 spiro atoms. The maximum Gasteiger partial charge on any atom is 0.312 e. The Labute approximate surface area is 139 Å². The van der Waals surface area contributed by atoms with Crippen LogP contribution in [-0.2, 0) is 16.0 Å². The molecule has 0 aliphatic heterocycles. The monoisotopic (exact) mass is 320 g/mol.